The summed E-state index contributed by atoms with van der Waals surface area (Å²) in [6, 6.07) is 9.56. The Morgan fingerprint density at radius 1 is 1.12 bits per heavy atom. The smallest absolute Gasteiger partial charge is 0.132 e. The molecule has 2 rings (SSSR count). The topological polar surface area (TPSA) is 48.1 Å². The molecule has 2 N–H and O–H groups in total. The molecule has 0 bridgehead atoms. The minimum Gasteiger partial charge on any atom is -0.457 e. The number of benzene rings is 1. The molecule has 1 aromatic heterocycles. The average molecular weight is 214 g/mol. The highest BCUT2D eigenvalue weighted by atomic mass is 16.5. The molecule has 0 unspecified atom stereocenters. The highest BCUT2D eigenvalue weighted by Crippen LogP contribution is 2.25. The zero-order chi connectivity index (χ0) is 11.5. The molecule has 82 valence electrons. The molecule has 0 aliphatic heterocycles. The molecule has 0 saturated carbocycles. The van der Waals surface area contributed by atoms with Gasteiger partial charge in [0.15, 0.2) is 0 Å². The van der Waals surface area contributed by atoms with Crippen molar-refractivity contribution in [1.29, 1.82) is 0 Å². The van der Waals surface area contributed by atoms with E-state index in [2.05, 4.69) is 18.0 Å². The lowest BCUT2D eigenvalue weighted by Gasteiger charge is -2.09. The summed E-state index contributed by atoms with van der Waals surface area (Å²) in [5, 5.41) is 0. The molecular weight excluding hydrogens is 200 g/mol. The van der Waals surface area contributed by atoms with Gasteiger partial charge >= 0.3 is 0 Å². The molecule has 0 fully saturated rings. The number of nitrogen functional groups attached to an aromatic ring is 1. The summed E-state index contributed by atoms with van der Waals surface area (Å²) in [5.41, 5.74) is 7.91. The Labute approximate surface area is 94.9 Å². The number of aryl methyl sites for hydroxylation is 2. The molecule has 2 aromatic rings. The first-order valence-electron chi connectivity index (χ1n) is 5.12. The Hall–Kier alpha value is -2.03. The third-order valence-corrected chi connectivity index (χ3v) is 2.31. The van der Waals surface area contributed by atoms with Gasteiger partial charge in [-0.25, -0.2) is 4.98 Å². The van der Waals surface area contributed by atoms with Crippen molar-refractivity contribution in [3.05, 3.63) is 47.7 Å². The third kappa shape index (κ3) is 2.31. The van der Waals surface area contributed by atoms with Gasteiger partial charge in [0.25, 0.3) is 0 Å². The van der Waals surface area contributed by atoms with Gasteiger partial charge in [-0.1, -0.05) is 17.7 Å². The van der Waals surface area contributed by atoms with Crippen LogP contribution in [0.3, 0.4) is 0 Å². The lowest BCUT2D eigenvalue weighted by atomic mass is 10.1. The van der Waals surface area contributed by atoms with Gasteiger partial charge in [-0.3, -0.25) is 0 Å². The fraction of sp³-hybridized carbons (Fsp3) is 0.154. The van der Waals surface area contributed by atoms with Crippen LogP contribution in [-0.4, -0.2) is 4.98 Å². The fourth-order valence-corrected chi connectivity index (χ4v) is 1.53. The molecule has 0 atom stereocenters. The molecule has 0 amide bonds. The van der Waals surface area contributed by atoms with Gasteiger partial charge in [0.05, 0.1) is 0 Å². The molecule has 0 saturated heterocycles. The SMILES string of the molecule is Cc1ccc(Oc2ccnc(N)c2)c(C)c1. The van der Waals surface area contributed by atoms with Crippen molar-refractivity contribution in [3.8, 4) is 11.5 Å². The summed E-state index contributed by atoms with van der Waals surface area (Å²) in [6.45, 7) is 4.08. The Bertz CT molecular complexity index is 509. The molecular formula is C13H14N2O. The van der Waals surface area contributed by atoms with E-state index >= 15 is 0 Å². The molecule has 0 aliphatic carbocycles. The van der Waals surface area contributed by atoms with Crippen molar-refractivity contribution in [2.75, 3.05) is 5.73 Å². The van der Waals surface area contributed by atoms with Crippen molar-refractivity contribution in [2.24, 2.45) is 0 Å². The van der Waals surface area contributed by atoms with Crippen molar-refractivity contribution >= 4 is 5.82 Å². The maximum atomic E-state index is 5.72. The van der Waals surface area contributed by atoms with Crippen LogP contribution in [-0.2, 0) is 0 Å². The quantitative estimate of drug-likeness (QED) is 0.835. The highest BCUT2D eigenvalue weighted by Gasteiger charge is 2.01. The van der Waals surface area contributed by atoms with Gasteiger partial charge in [-0.15, -0.1) is 0 Å². The fourth-order valence-electron chi connectivity index (χ4n) is 1.53. The van der Waals surface area contributed by atoms with Crippen molar-refractivity contribution < 1.29 is 4.74 Å². The second kappa shape index (κ2) is 4.23. The van der Waals surface area contributed by atoms with E-state index in [0.717, 1.165) is 11.3 Å². The van der Waals surface area contributed by atoms with Gasteiger partial charge < -0.3 is 10.5 Å². The van der Waals surface area contributed by atoms with E-state index in [1.807, 2.05) is 19.1 Å². The molecule has 3 nitrogen and oxygen atoms in total. The first kappa shape index (κ1) is 10.5. The molecule has 0 radical (unpaired) electrons. The van der Waals surface area contributed by atoms with E-state index in [4.69, 9.17) is 10.5 Å². The standard InChI is InChI=1S/C13H14N2O/c1-9-3-4-12(10(2)7-9)16-11-5-6-15-13(14)8-11/h3-8H,1-2H3,(H2,14,15). The summed E-state index contributed by atoms with van der Waals surface area (Å²) in [6.07, 6.45) is 1.63. The number of aromatic nitrogens is 1. The van der Waals surface area contributed by atoms with Crippen LogP contribution in [0.25, 0.3) is 0 Å². The van der Waals surface area contributed by atoms with Crippen molar-refractivity contribution in [1.82, 2.24) is 4.98 Å². The van der Waals surface area contributed by atoms with Crippen molar-refractivity contribution in [3.63, 3.8) is 0 Å². The summed E-state index contributed by atoms with van der Waals surface area (Å²) in [4.78, 5) is 3.92. The number of pyridine rings is 1. The number of hydrogen-bond donors (Lipinski definition) is 1. The van der Waals surface area contributed by atoms with Crippen LogP contribution in [0.15, 0.2) is 36.5 Å². The number of ether oxygens (including phenoxy) is 1. The van der Waals surface area contributed by atoms with Gasteiger partial charge in [0.2, 0.25) is 0 Å². The lowest BCUT2D eigenvalue weighted by molar-refractivity contribution is 0.478. The lowest BCUT2D eigenvalue weighted by Crippen LogP contribution is -1.92. The maximum absolute atomic E-state index is 5.72. The number of anilines is 1. The molecule has 1 aromatic carbocycles. The molecule has 0 spiro atoms. The third-order valence-electron chi connectivity index (χ3n) is 2.31. The van der Waals surface area contributed by atoms with Crippen LogP contribution in [0.5, 0.6) is 11.5 Å². The van der Waals surface area contributed by atoms with Crippen LogP contribution in [0.2, 0.25) is 0 Å². The van der Waals surface area contributed by atoms with Crippen LogP contribution < -0.4 is 10.5 Å². The minimum absolute atomic E-state index is 0.460. The van der Waals surface area contributed by atoms with E-state index in [0.29, 0.717) is 11.6 Å². The van der Waals surface area contributed by atoms with E-state index in [9.17, 15) is 0 Å². The average Bonchev–Trinajstić information content (AvgIpc) is 2.22. The normalized spacial score (nSPS) is 10.1. The Balaban J connectivity index is 2.27. The van der Waals surface area contributed by atoms with Crippen LogP contribution in [0, 0.1) is 13.8 Å². The van der Waals surface area contributed by atoms with Gasteiger partial charge in [0, 0.05) is 12.3 Å². The van der Waals surface area contributed by atoms with Crippen LogP contribution in [0.1, 0.15) is 11.1 Å². The summed E-state index contributed by atoms with van der Waals surface area (Å²) in [7, 11) is 0. The number of rotatable bonds is 2. The Morgan fingerprint density at radius 2 is 1.94 bits per heavy atom. The van der Waals surface area contributed by atoms with E-state index in [-0.39, 0.29) is 0 Å². The zero-order valence-corrected chi connectivity index (χ0v) is 9.40. The molecule has 0 aliphatic rings. The zero-order valence-electron chi connectivity index (χ0n) is 9.40. The summed E-state index contributed by atoms with van der Waals surface area (Å²) in [5.74, 6) is 2.01. The Morgan fingerprint density at radius 3 is 2.62 bits per heavy atom. The van der Waals surface area contributed by atoms with E-state index in [1.54, 1.807) is 18.3 Å². The monoisotopic (exact) mass is 214 g/mol. The maximum Gasteiger partial charge on any atom is 0.132 e. The first-order chi connectivity index (χ1) is 7.65. The van der Waals surface area contributed by atoms with Gasteiger partial charge in [-0.2, -0.15) is 0 Å². The van der Waals surface area contributed by atoms with Gasteiger partial charge in [-0.05, 0) is 31.5 Å². The van der Waals surface area contributed by atoms with Crippen LogP contribution >= 0.6 is 0 Å². The summed E-state index contributed by atoms with van der Waals surface area (Å²) < 4.78 is 5.72. The van der Waals surface area contributed by atoms with E-state index < -0.39 is 0 Å². The second-order valence-electron chi connectivity index (χ2n) is 3.79. The van der Waals surface area contributed by atoms with E-state index in [1.165, 1.54) is 5.56 Å². The minimum atomic E-state index is 0.460. The number of nitrogens with zero attached hydrogens (tertiary/aromatic N) is 1. The first-order valence-corrected chi connectivity index (χ1v) is 5.12. The Kier molecular flexibility index (Phi) is 2.77. The van der Waals surface area contributed by atoms with Gasteiger partial charge in [0.1, 0.15) is 17.3 Å². The largest absolute Gasteiger partial charge is 0.457 e. The molecule has 1 heterocycles. The predicted molar refractivity (Wildman–Crippen MR) is 64.6 cm³/mol. The predicted octanol–water partition coefficient (Wildman–Crippen LogP) is 3.07. The molecule has 16 heavy (non-hydrogen) atoms. The highest BCUT2D eigenvalue weighted by molar-refractivity contribution is 5.42. The number of nitrogens with two attached hydrogens (primary N) is 1. The summed E-state index contributed by atoms with van der Waals surface area (Å²) >= 11 is 0. The second-order valence-corrected chi connectivity index (χ2v) is 3.79. The molecule has 3 heteroatoms. The number of hydrogen-bond acceptors (Lipinski definition) is 3. The van der Waals surface area contributed by atoms with Crippen LogP contribution in [0.4, 0.5) is 5.82 Å². The van der Waals surface area contributed by atoms with Crippen molar-refractivity contribution in [2.45, 2.75) is 13.8 Å².